The normalized spacial score (nSPS) is 11.1. The molecule has 0 saturated heterocycles. The van der Waals surface area contributed by atoms with Gasteiger partial charge in [0, 0.05) is 15.7 Å². The summed E-state index contributed by atoms with van der Waals surface area (Å²) < 4.78 is 0.891. The molecule has 4 nitrogen and oxygen atoms in total. The lowest BCUT2D eigenvalue weighted by atomic mass is 10.0. The Labute approximate surface area is 153 Å². The number of amides is 1. The van der Waals surface area contributed by atoms with Crippen LogP contribution < -0.4 is 5.32 Å². The largest absolute Gasteiger partial charge is 0.507 e. The molecule has 0 aromatic heterocycles. The van der Waals surface area contributed by atoms with Crippen molar-refractivity contribution < 1.29 is 9.90 Å². The number of nitrogens with zero attached hydrogens (tertiary/aromatic N) is 1. The summed E-state index contributed by atoms with van der Waals surface area (Å²) in [5.74, 6) is -0.514. The van der Waals surface area contributed by atoms with Crippen LogP contribution in [0, 0.1) is 11.3 Å². The zero-order valence-electron chi connectivity index (χ0n) is 13.0. The molecule has 122 valence electrons. The Morgan fingerprint density at radius 1 is 1.08 bits per heavy atom. The van der Waals surface area contributed by atoms with Crippen molar-refractivity contribution in [3.8, 4) is 11.8 Å². The maximum absolute atomic E-state index is 12.4. The standard InChI is InChI=1S/C20H13BrN2O2/c21-15-6-8-16(9-7-15)23-20(25)14(12-22)11-18-17-4-2-1-3-13(17)5-10-19(18)24/h1-11,24H,(H,23,25)/b14-11+. The van der Waals surface area contributed by atoms with Crippen molar-refractivity contribution >= 4 is 44.4 Å². The number of nitriles is 1. The van der Waals surface area contributed by atoms with Crippen LogP contribution in [-0.4, -0.2) is 11.0 Å². The fraction of sp³-hybridized carbons (Fsp3) is 0. The van der Waals surface area contributed by atoms with E-state index in [-0.39, 0.29) is 11.3 Å². The number of hydrogen-bond acceptors (Lipinski definition) is 3. The van der Waals surface area contributed by atoms with E-state index in [1.54, 1.807) is 36.4 Å². The summed E-state index contributed by atoms with van der Waals surface area (Å²) in [6.07, 6.45) is 1.41. The highest BCUT2D eigenvalue weighted by molar-refractivity contribution is 9.10. The first-order valence-electron chi connectivity index (χ1n) is 7.48. The molecule has 3 aromatic carbocycles. The molecule has 25 heavy (non-hydrogen) atoms. The van der Waals surface area contributed by atoms with Crippen molar-refractivity contribution in [3.05, 3.63) is 76.3 Å². The van der Waals surface area contributed by atoms with Gasteiger partial charge in [0.25, 0.3) is 5.91 Å². The van der Waals surface area contributed by atoms with Crippen LogP contribution in [-0.2, 0) is 4.79 Å². The quantitative estimate of drug-likeness (QED) is 0.493. The number of carbonyl (C=O) groups excluding carboxylic acids is 1. The maximum Gasteiger partial charge on any atom is 0.266 e. The van der Waals surface area contributed by atoms with Gasteiger partial charge in [0.05, 0.1) is 0 Å². The second-order valence-electron chi connectivity index (χ2n) is 5.35. The first-order chi connectivity index (χ1) is 12.1. The zero-order valence-corrected chi connectivity index (χ0v) is 14.6. The van der Waals surface area contributed by atoms with E-state index in [1.807, 2.05) is 30.3 Å². The molecule has 3 aromatic rings. The summed E-state index contributed by atoms with van der Waals surface area (Å²) in [6.45, 7) is 0. The van der Waals surface area contributed by atoms with Crippen molar-refractivity contribution in [1.82, 2.24) is 0 Å². The van der Waals surface area contributed by atoms with Crippen molar-refractivity contribution in [2.45, 2.75) is 0 Å². The van der Waals surface area contributed by atoms with Gasteiger partial charge in [-0.25, -0.2) is 0 Å². The molecule has 0 heterocycles. The molecule has 0 aliphatic heterocycles. The molecule has 0 fully saturated rings. The van der Waals surface area contributed by atoms with Crippen molar-refractivity contribution in [3.63, 3.8) is 0 Å². The highest BCUT2D eigenvalue weighted by Crippen LogP contribution is 2.29. The number of phenolic OH excluding ortho intramolecular Hbond substituents is 1. The van der Waals surface area contributed by atoms with Crippen LogP contribution in [0.3, 0.4) is 0 Å². The van der Waals surface area contributed by atoms with E-state index in [0.29, 0.717) is 11.3 Å². The molecule has 0 bridgehead atoms. The van der Waals surface area contributed by atoms with Crippen LogP contribution >= 0.6 is 15.9 Å². The van der Waals surface area contributed by atoms with E-state index >= 15 is 0 Å². The van der Waals surface area contributed by atoms with Gasteiger partial charge < -0.3 is 10.4 Å². The number of anilines is 1. The highest BCUT2D eigenvalue weighted by atomic mass is 79.9. The Kier molecular flexibility index (Phi) is 4.82. The Balaban J connectivity index is 1.98. The molecule has 0 atom stereocenters. The summed E-state index contributed by atoms with van der Waals surface area (Å²) >= 11 is 3.33. The molecule has 3 rings (SSSR count). The number of rotatable bonds is 3. The summed E-state index contributed by atoms with van der Waals surface area (Å²) in [5.41, 5.74) is 0.937. The molecule has 0 unspecified atom stereocenters. The fourth-order valence-electron chi connectivity index (χ4n) is 2.46. The predicted molar refractivity (Wildman–Crippen MR) is 102 cm³/mol. The number of benzene rings is 3. The number of nitrogens with one attached hydrogen (secondary N) is 1. The average molecular weight is 393 g/mol. The third-order valence-corrected chi connectivity index (χ3v) is 4.23. The molecular weight excluding hydrogens is 380 g/mol. The van der Waals surface area contributed by atoms with Gasteiger partial charge in [0.15, 0.2) is 0 Å². The molecule has 2 N–H and O–H groups in total. The molecule has 0 aliphatic rings. The Hall–Kier alpha value is -3.10. The van der Waals surface area contributed by atoms with Crippen LogP contribution in [0.15, 0.2) is 70.7 Å². The van der Waals surface area contributed by atoms with E-state index in [1.165, 1.54) is 6.08 Å². The third kappa shape index (κ3) is 3.70. The number of halogens is 1. The first-order valence-corrected chi connectivity index (χ1v) is 8.27. The number of aromatic hydroxyl groups is 1. The van der Waals surface area contributed by atoms with Gasteiger partial charge in [-0.3, -0.25) is 4.79 Å². The summed E-state index contributed by atoms with van der Waals surface area (Å²) in [4.78, 5) is 12.4. The lowest BCUT2D eigenvalue weighted by molar-refractivity contribution is -0.112. The van der Waals surface area contributed by atoms with Crippen molar-refractivity contribution in [2.75, 3.05) is 5.32 Å². The Morgan fingerprint density at radius 2 is 1.80 bits per heavy atom. The lowest BCUT2D eigenvalue weighted by Crippen LogP contribution is -2.13. The third-order valence-electron chi connectivity index (χ3n) is 3.70. The predicted octanol–water partition coefficient (Wildman–Crippen LogP) is 4.85. The van der Waals surface area contributed by atoms with Gasteiger partial charge in [-0.15, -0.1) is 0 Å². The molecule has 0 saturated carbocycles. The van der Waals surface area contributed by atoms with Gasteiger partial charge >= 0.3 is 0 Å². The van der Waals surface area contributed by atoms with Crippen molar-refractivity contribution in [2.24, 2.45) is 0 Å². The van der Waals surface area contributed by atoms with Crippen LogP contribution in [0.2, 0.25) is 0 Å². The Bertz CT molecular complexity index is 1020. The van der Waals surface area contributed by atoms with E-state index in [0.717, 1.165) is 15.2 Å². The van der Waals surface area contributed by atoms with Crippen LogP contribution in [0.25, 0.3) is 16.8 Å². The number of fused-ring (bicyclic) bond motifs is 1. The van der Waals surface area contributed by atoms with Crippen molar-refractivity contribution in [1.29, 1.82) is 5.26 Å². The second kappa shape index (κ2) is 7.20. The lowest BCUT2D eigenvalue weighted by Gasteiger charge is -2.07. The SMILES string of the molecule is N#C/C(=C\c1c(O)ccc2ccccc12)C(=O)Nc1ccc(Br)cc1. The van der Waals surface area contributed by atoms with Gasteiger partial charge in [-0.05, 0) is 47.2 Å². The monoisotopic (exact) mass is 392 g/mol. The second-order valence-corrected chi connectivity index (χ2v) is 6.27. The molecule has 5 heteroatoms. The van der Waals surface area contributed by atoms with Crippen LogP contribution in [0.5, 0.6) is 5.75 Å². The highest BCUT2D eigenvalue weighted by Gasteiger charge is 2.12. The first kappa shape index (κ1) is 16.7. The molecule has 1 amide bonds. The van der Waals surface area contributed by atoms with Gasteiger partial charge in [-0.1, -0.05) is 46.3 Å². The topological polar surface area (TPSA) is 73.1 Å². The molecular formula is C20H13BrN2O2. The van der Waals surface area contributed by atoms with E-state index in [9.17, 15) is 15.2 Å². The van der Waals surface area contributed by atoms with Gasteiger partial charge in [-0.2, -0.15) is 5.26 Å². The minimum Gasteiger partial charge on any atom is -0.507 e. The van der Waals surface area contributed by atoms with E-state index in [4.69, 9.17) is 0 Å². The van der Waals surface area contributed by atoms with Crippen LogP contribution in [0.4, 0.5) is 5.69 Å². The molecule has 0 aliphatic carbocycles. The zero-order chi connectivity index (χ0) is 17.8. The molecule has 0 spiro atoms. The van der Waals surface area contributed by atoms with Gasteiger partial charge in [0.1, 0.15) is 17.4 Å². The summed E-state index contributed by atoms with van der Waals surface area (Å²) in [5, 5.41) is 23.9. The number of hydrogen-bond donors (Lipinski definition) is 2. The summed E-state index contributed by atoms with van der Waals surface area (Å²) in [7, 11) is 0. The minimum atomic E-state index is -0.530. The maximum atomic E-state index is 12.4. The number of carbonyl (C=O) groups is 1. The molecule has 0 radical (unpaired) electrons. The fourth-order valence-corrected chi connectivity index (χ4v) is 2.72. The minimum absolute atomic E-state index is 0.0166. The Morgan fingerprint density at radius 3 is 2.52 bits per heavy atom. The van der Waals surface area contributed by atoms with E-state index < -0.39 is 5.91 Å². The van der Waals surface area contributed by atoms with Crippen LogP contribution in [0.1, 0.15) is 5.56 Å². The number of phenols is 1. The van der Waals surface area contributed by atoms with Gasteiger partial charge in [0.2, 0.25) is 0 Å². The summed E-state index contributed by atoms with van der Waals surface area (Å²) in [6, 6.07) is 19.8. The van der Waals surface area contributed by atoms with E-state index in [2.05, 4.69) is 21.2 Å². The average Bonchev–Trinajstić information content (AvgIpc) is 2.63. The smallest absolute Gasteiger partial charge is 0.266 e.